The van der Waals surface area contributed by atoms with Crippen molar-refractivity contribution in [1.29, 1.82) is 5.26 Å². The molecule has 2 N–H and O–H groups in total. The van der Waals surface area contributed by atoms with Gasteiger partial charge in [-0.3, -0.25) is 9.59 Å². The molecule has 0 aliphatic carbocycles. The molecule has 9 heteroatoms. The Morgan fingerprint density at radius 3 is 2.26 bits per heavy atom. The first-order valence-electron chi connectivity index (χ1n) is 9.82. The number of sulfonamides is 1. The standard InChI is InChI=1S/C22H26N4O4S/c1-24-31(29,30)17-19-10-8-18(9-11-19)16-25-21(27)12-13-22(28)26(15-5-14-23)20-6-3-2-4-7-20/h2-4,6-11,24H,5,12-13,15-17H2,1H3,(H,25,27). The number of hydrogen-bond donors (Lipinski definition) is 2. The Bertz CT molecular complexity index is 1020. The number of carbonyl (C=O) groups is 2. The first-order chi connectivity index (χ1) is 14.8. The Balaban J connectivity index is 1.84. The second-order valence-corrected chi connectivity index (χ2v) is 8.77. The highest BCUT2D eigenvalue weighted by Crippen LogP contribution is 2.15. The zero-order valence-corrected chi connectivity index (χ0v) is 18.2. The van der Waals surface area contributed by atoms with Crippen molar-refractivity contribution in [2.75, 3.05) is 18.5 Å². The van der Waals surface area contributed by atoms with E-state index >= 15 is 0 Å². The van der Waals surface area contributed by atoms with Gasteiger partial charge in [-0.15, -0.1) is 0 Å². The fourth-order valence-corrected chi connectivity index (χ4v) is 3.63. The minimum atomic E-state index is -3.33. The van der Waals surface area contributed by atoms with Gasteiger partial charge in [0.25, 0.3) is 0 Å². The minimum absolute atomic E-state index is 0.0347. The van der Waals surface area contributed by atoms with E-state index < -0.39 is 10.0 Å². The van der Waals surface area contributed by atoms with E-state index in [0.717, 1.165) is 5.56 Å². The number of nitriles is 1. The van der Waals surface area contributed by atoms with E-state index in [2.05, 4.69) is 10.0 Å². The third-order valence-corrected chi connectivity index (χ3v) is 5.90. The van der Waals surface area contributed by atoms with Crippen molar-refractivity contribution in [2.24, 2.45) is 0 Å². The van der Waals surface area contributed by atoms with Crippen LogP contribution in [0.1, 0.15) is 30.4 Å². The van der Waals surface area contributed by atoms with E-state index in [-0.39, 0.29) is 49.9 Å². The number of hydrogen-bond acceptors (Lipinski definition) is 5. The van der Waals surface area contributed by atoms with Crippen LogP contribution in [0.3, 0.4) is 0 Å². The molecule has 8 nitrogen and oxygen atoms in total. The van der Waals surface area contributed by atoms with Crippen molar-refractivity contribution >= 4 is 27.5 Å². The molecule has 0 fully saturated rings. The molecule has 0 aliphatic rings. The van der Waals surface area contributed by atoms with Crippen molar-refractivity contribution in [3.05, 3.63) is 65.7 Å². The summed E-state index contributed by atoms with van der Waals surface area (Å²) in [5, 5.41) is 11.6. The quantitative estimate of drug-likeness (QED) is 0.552. The summed E-state index contributed by atoms with van der Waals surface area (Å²) in [5.74, 6) is -0.586. The monoisotopic (exact) mass is 442 g/mol. The van der Waals surface area contributed by atoms with Crippen LogP contribution in [0.5, 0.6) is 0 Å². The van der Waals surface area contributed by atoms with Gasteiger partial charge in [-0.1, -0.05) is 42.5 Å². The number of anilines is 1. The number of rotatable bonds is 11. The zero-order valence-electron chi connectivity index (χ0n) is 17.4. The van der Waals surface area contributed by atoms with Crippen LogP contribution in [0, 0.1) is 11.3 Å². The van der Waals surface area contributed by atoms with Crippen LogP contribution in [-0.4, -0.2) is 33.8 Å². The average molecular weight is 443 g/mol. The summed E-state index contributed by atoms with van der Waals surface area (Å²) in [6.45, 7) is 0.555. The van der Waals surface area contributed by atoms with Crippen LogP contribution in [0.4, 0.5) is 5.69 Å². The lowest BCUT2D eigenvalue weighted by molar-refractivity contribution is -0.125. The van der Waals surface area contributed by atoms with Gasteiger partial charge in [-0.05, 0) is 30.3 Å². The average Bonchev–Trinajstić information content (AvgIpc) is 2.78. The molecule has 0 spiro atoms. The van der Waals surface area contributed by atoms with Crippen LogP contribution in [0.15, 0.2) is 54.6 Å². The molecule has 0 heterocycles. The summed E-state index contributed by atoms with van der Waals surface area (Å²) in [6, 6.07) is 18.0. The SMILES string of the molecule is CNS(=O)(=O)Cc1ccc(CNC(=O)CCC(=O)N(CCC#N)c2ccccc2)cc1. The predicted molar refractivity (Wildman–Crippen MR) is 118 cm³/mol. The number of carbonyl (C=O) groups excluding carboxylic acids is 2. The van der Waals surface area contributed by atoms with E-state index in [9.17, 15) is 18.0 Å². The van der Waals surface area contributed by atoms with Crippen LogP contribution in [-0.2, 0) is 31.9 Å². The number of nitrogens with one attached hydrogen (secondary N) is 2. The zero-order chi connectivity index (χ0) is 22.7. The topological polar surface area (TPSA) is 119 Å². The molecule has 2 aromatic rings. The number of nitrogens with zero attached hydrogens (tertiary/aromatic N) is 2. The van der Waals surface area contributed by atoms with Gasteiger partial charge in [0.1, 0.15) is 0 Å². The van der Waals surface area contributed by atoms with E-state index in [0.29, 0.717) is 11.3 Å². The molecule has 0 saturated carbocycles. The molecule has 0 aliphatic heterocycles. The first-order valence-corrected chi connectivity index (χ1v) is 11.5. The lowest BCUT2D eigenvalue weighted by atomic mass is 10.1. The fraction of sp³-hybridized carbons (Fsp3) is 0.318. The second kappa shape index (κ2) is 11.8. The molecular formula is C22H26N4O4S. The van der Waals surface area contributed by atoms with E-state index in [4.69, 9.17) is 5.26 Å². The van der Waals surface area contributed by atoms with Gasteiger partial charge in [0.05, 0.1) is 18.2 Å². The van der Waals surface area contributed by atoms with Gasteiger partial charge in [0.15, 0.2) is 0 Å². The van der Waals surface area contributed by atoms with Gasteiger partial charge in [0.2, 0.25) is 21.8 Å². The minimum Gasteiger partial charge on any atom is -0.352 e. The van der Waals surface area contributed by atoms with Crippen molar-refractivity contribution in [1.82, 2.24) is 10.0 Å². The summed E-state index contributed by atoms with van der Waals surface area (Å²) >= 11 is 0. The van der Waals surface area contributed by atoms with Gasteiger partial charge < -0.3 is 10.2 Å². The third kappa shape index (κ3) is 8.20. The molecule has 2 rings (SSSR count). The number of para-hydroxylation sites is 1. The Hall–Kier alpha value is -3.22. The van der Waals surface area contributed by atoms with Crippen LogP contribution >= 0.6 is 0 Å². The highest BCUT2D eigenvalue weighted by molar-refractivity contribution is 7.88. The van der Waals surface area contributed by atoms with Crippen molar-refractivity contribution < 1.29 is 18.0 Å². The Morgan fingerprint density at radius 2 is 1.65 bits per heavy atom. The maximum absolute atomic E-state index is 12.6. The molecule has 164 valence electrons. The molecular weight excluding hydrogens is 416 g/mol. The summed E-state index contributed by atoms with van der Waals surface area (Å²) in [5.41, 5.74) is 2.17. The molecule has 0 bridgehead atoms. The molecule has 0 atom stereocenters. The van der Waals surface area contributed by atoms with Crippen molar-refractivity contribution in [3.63, 3.8) is 0 Å². The van der Waals surface area contributed by atoms with Crippen LogP contribution in [0.2, 0.25) is 0 Å². The van der Waals surface area contributed by atoms with E-state index in [1.54, 1.807) is 36.4 Å². The number of benzene rings is 2. The molecule has 0 radical (unpaired) electrons. The Kier molecular flexibility index (Phi) is 9.18. The van der Waals surface area contributed by atoms with Gasteiger partial charge in [0, 0.05) is 31.6 Å². The lowest BCUT2D eigenvalue weighted by Gasteiger charge is -2.21. The van der Waals surface area contributed by atoms with Gasteiger partial charge >= 0.3 is 0 Å². The van der Waals surface area contributed by atoms with Gasteiger partial charge in [-0.2, -0.15) is 5.26 Å². The molecule has 2 amide bonds. The normalized spacial score (nSPS) is 10.8. The summed E-state index contributed by atoms with van der Waals surface area (Å²) in [6.07, 6.45) is 0.276. The first kappa shape index (κ1) is 24.1. The fourth-order valence-electron chi connectivity index (χ4n) is 2.86. The predicted octanol–water partition coefficient (Wildman–Crippen LogP) is 2.08. The summed E-state index contributed by atoms with van der Waals surface area (Å²) in [7, 11) is -1.97. The molecule has 2 aromatic carbocycles. The van der Waals surface area contributed by atoms with Crippen molar-refractivity contribution in [2.45, 2.75) is 31.6 Å². The lowest BCUT2D eigenvalue weighted by Crippen LogP contribution is -2.33. The third-order valence-electron chi connectivity index (χ3n) is 4.56. The highest BCUT2D eigenvalue weighted by Gasteiger charge is 2.16. The van der Waals surface area contributed by atoms with Gasteiger partial charge in [-0.25, -0.2) is 13.1 Å². The summed E-state index contributed by atoms with van der Waals surface area (Å²) < 4.78 is 25.4. The Morgan fingerprint density at radius 1 is 1.00 bits per heavy atom. The molecule has 0 saturated heterocycles. The van der Waals surface area contributed by atoms with Crippen molar-refractivity contribution in [3.8, 4) is 6.07 Å². The van der Waals surface area contributed by atoms with E-state index in [1.165, 1.54) is 11.9 Å². The van der Waals surface area contributed by atoms with Crippen LogP contribution in [0.25, 0.3) is 0 Å². The maximum atomic E-state index is 12.6. The molecule has 31 heavy (non-hydrogen) atoms. The summed E-state index contributed by atoms with van der Waals surface area (Å²) in [4.78, 5) is 26.3. The highest BCUT2D eigenvalue weighted by atomic mass is 32.2. The maximum Gasteiger partial charge on any atom is 0.227 e. The number of amides is 2. The smallest absolute Gasteiger partial charge is 0.227 e. The largest absolute Gasteiger partial charge is 0.352 e. The Labute approximate surface area is 182 Å². The molecule has 0 unspecified atom stereocenters. The van der Waals surface area contributed by atoms with Crippen LogP contribution < -0.4 is 14.9 Å². The second-order valence-electron chi connectivity index (χ2n) is 6.85. The molecule has 0 aromatic heterocycles. The van der Waals surface area contributed by atoms with E-state index in [1.807, 2.05) is 24.3 Å².